The van der Waals surface area contributed by atoms with Gasteiger partial charge >= 0.3 is 0 Å². The largest absolute Gasteiger partial charge is 0.380 e. The molecule has 0 aliphatic carbocycles. The van der Waals surface area contributed by atoms with Crippen molar-refractivity contribution in [2.24, 2.45) is 0 Å². The van der Waals surface area contributed by atoms with Gasteiger partial charge in [0.2, 0.25) is 0 Å². The Kier molecular flexibility index (Phi) is 4.51. The molecule has 0 spiro atoms. The highest BCUT2D eigenvalue weighted by molar-refractivity contribution is 7.09. The highest BCUT2D eigenvalue weighted by atomic mass is 32.1. The molecule has 0 saturated carbocycles. The molecule has 1 rings (SSSR count). The minimum absolute atomic E-state index is 0.232. The summed E-state index contributed by atoms with van der Waals surface area (Å²) in [7, 11) is 1.73. The van der Waals surface area contributed by atoms with Gasteiger partial charge in [-0.2, -0.15) is 0 Å². The third-order valence-electron chi connectivity index (χ3n) is 2.32. The van der Waals surface area contributed by atoms with Crippen LogP contribution in [0.5, 0.6) is 0 Å². The maximum absolute atomic E-state index is 5.23. The zero-order valence-electron chi connectivity index (χ0n) is 9.20. The van der Waals surface area contributed by atoms with Crippen molar-refractivity contribution in [2.75, 3.05) is 7.11 Å². The number of nitrogens with one attached hydrogen (secondary N) is 1. The molecule has 0 aliphatic heterocycles. The van der Waals surface area contributed by atoms with Crippen LogP contribution in [0.15, 0.2) is 5.38 Å². The first-order valence-electron chi connectivity index (χ1n) is 4.80. The van der Waals surface area contributed by atoms with E-state index in [9.17, 15) is 0 Å². The molecule has 1 N–H and O–H groups in total. The van der Waals surface area contributed by atoms with Crippen molar-refractivity contribution < 1.29 is 4.74 Å². The number of aryl methyl sites for hydroxylation is 1. The second kappa shape index (κ2) is 5.44. The van der Waals surface area contributed by atoms with Gasteiger partial charge in [0.15, 0.2) is 0 Å². The van der Waals surface area contributed by atoms with Crippen LogP contribution in [0, 0.1) is 6.92 Å². The summed E-state index contributed by atoms with van der Waals surface area (Å²) in [6.45, 7) is 7.02. The molecule has 1 aromatic heterocycles. The van der Waals surface area contributed by atoms with Crippen LogP contribution in [-0.4, -0.2) is 24.2 Å². The van der Waals surface area contributed by atoms with Gasteiger partial charge in [-0.3, -0.25) is 0 Å². The van der Waals surface area contributed by atoms with Crippen molar-refractivity contribution in [3.63, 3.8) is 0 Å². The molecule has 4 heteroatoms. The highest BCUT2D eigenvalue weighted by Crippen LogP contribution is 2.08. The molecule has 1 aromatic rings. The Labute approximate surface area is 89.5 Å². The van der Waals surface area contributed by atoms with Crippen LogP contribution in [-0.2, 0) is 11.3 Å². The van der Waals surface area contributed by atoms with E-state index in [1.165, 1.54) is 0 Å². The van der Waals surface area contributed by atoms with E-state index >= 15 is 0 Å². The molecule has 2 atom stereocenters. The lowest BCUT2D eigenvalue weighted by atomic mass is 10.2. The molecule has 0 bridgehead atoms. The van der Waals surface area contributed by atoms with Gasteiger partial charge in [0.05, 0.1) is 6.10 Å². The average Bonchev–Trinajstić information content (AvgIpc) is 2.59. The monoisotopic (exact) mass is 214 g/mol. The summed E-state index contributed by atoms with van der Waals surface area (Å²) < 4.78 is 5.23. The summed E-state index contributed by atoms with van der Waals surface area (Å²) in [5.74, 6) is 0. The number of hydrogen-bond acceptors (Lipinski definition) is 4. The Balaban J connectivity index is 2.33. The molecule has 0 aromatic carbocycles. The zero-order chi connectivity index (χ0) is 10.6. The SMILES string of the molecule is COC(C)C(C)NCc1nc(C)cs1. The molecular formula is C10H18N2OS. The number of thiazole rings is 1. The number of nitrogens with zero attached hydrogens (tertiary/aromatic N) is 1. The number of rotatable bonds is 5. The second-order valence-electron chi connectivity index (χ2n) is 3.49. The number of aromatic nitrogens is 1. The van der Waals surface area contributed by atoms with Gasteiger partial charge < -0.3 is 10.1 Å². The summed E-state index contributed by atoms with van der Waals surface area (Å²) >= 11 is 1.70. The van der Waals surface area contributed by atoms with Gasteiger partial charge in [0, 0.05) is 30.8 Å². The van der Waals surface area contributed by atoms with Crippen molar-refractivity contribution in [1.29, 1.82) is 0 Å². The lowest BCUT2D eigenvalue weighted by molar-refractivity contribution is 0.0882. The molecular weight excluding hydrogens is 196 g/mol. The Hall–Kier alpha value is -0.450. The van der Waals surface area contributed by atoms with Crippen molar-refractivity contribution in [1.82, 2.24) is 10.3 Å². The fourth-order valence-corrected chi connectivity index (χ4v) is 1.82. The van der Waals surface area contributed by atoms with Crippen LogP contribution >= 0.6 is 11.3 Å². The minimum atomic E-state index is 0.232. The molecule has 80 valence electrons. The van der Waals surface area contributed by atoms with E-state index in [0.717, 1.165) is 17.2 Å². The smallest absolute Gasteiger partial charge is 0.107 e. The molecule has 0 fully saturated rings. The summed E-state index contributed by atoms with van der Waals surface area (Å²) in [5, 5.41) is 6.59. The third kappa shape index (κ3) is 3.36. The minimum Gasteiger partial charge on any atom is -0.380 e. The third-order valence-corrected chi connectivity index (χ3v) is 3.28. The fourth-order valence-electron chi connectivity index (χ4n) is 1.10. The van der Waals surface area contributed by atoms with E-state index in [4.69, 9.17) is 4.74 Å². The van der Waals surface area contributed by atoms with Crippen LogP contribution in [0.1, 0.15) is 24.5 Å². The van der Waals surface area contributed by atoms with Crippen LogP contribution in [0.2, 0.25) is 0 Å². The van der Waals surface area contributed by atoms with E-state index in [1.54, 1.807) is 18.4 Å². The van der Waals surface area contributed by atoms with E-state index in [0.29, 0.717) is 6.04 Å². The van der Waals surface area contributed by atoms with Gasteiger partial charge in [0.1, 0.15) is 5.01 Å². The predicted octanol–water partition coefficient (Wildman–Crippen LogP) is 1.96. The lowest BCUT2D eigenvalue weighted by Gasteiger charge is -2.19. The first kappa shape index (κ1) is 11.6. The number of methoxy groups -OCH3 is 1. The zero-order valence-corrected chi connectivity index (χ0v) is 10.0. The molecule has 0 saturated heterocycles. The first-order valence-corrected chi connectivity index (χ1v) is 5.68. The maximum atomic E-state index is 5.23. The van der Waals surface area contributed by atoms with Crippen molar-refractivity contribution >= 4 is 11.3 Å². The van der Waals surface area contributed by atoms with Gasteiger partial charge in [-0.15, -0.1) is 11.3 Å². The highest BCUT2D eigenvalue weighted by Gasteiger charge is 2.10. The molecule has 2 unspecified atom stereocenters. The summed E-state index contributed by atoms with van der Waals surface area (Å²) in [6, 6.07) is 0.351. The number of ether oxygens (including phenoxy) is 1. The Morgan fingerprint density at radius 3 is 2.79 bits per heavy atom. The van der Waals surface area contributed by atoms with Gasteiger partial charge in [0.25, 0.3) is 0 Å². The van der Waals surface area contributed by atoms with Gasteiger partial charge in [-0.1, -0.05) is 0 Å². The van der Waals surface area contributed by atoms with Crippen LogP contribution in [0.25, 0.3) is 0 Å². The Bertz CT molecular complexity index is 275. The van der Waals surface area contributed by atoms with Crippen LogP contribution < -0.4 is 5.32 Å². The first-order chi connectivity index (χ1) is 6.63. The summed E-state index contributed by atoms with van der Waals surface area (Å²) in [4.78, 5) is 4.38. The van der Waals surface area contributed by atoms with Crippen LogP contribution in [0.4, 0.5) is 0 Å². The average molecular weight is 214 g/mol. The molecule has 0 amide bonds. The molecule has 0 aliphatic rings. The molecule has 0 radical (unpaired) electrons. The van der Waals surface area contributed by atoms with E-state index in [1.807, 2.05) is 6.92 Å². The fraction of sp³-hybridized carbons (Fsp3) is 0.700. The normalized spacial score (nSPS) is 15.4. The Morgan fingerprint density at radius 2 is 2.29 bits per heavy atom. The van der Waals surface area contributed by atoms with E-state index in [2.05, 4.69) is 29.5 Å². The molecule has 14 heavy (non-hydrogen) atoms. The van der Waals surface area contributed by atoms with Crippen molar-refractivity contribution in [3.05, 3.63) is 16.1 Å². The second-order valence-corrected chi connectivity index (χ2v) is 4.44. The predicted molar refractivity (Wildman–Crippen MR) is 59.6 cm³/mol. The lowest BCUT2D eigenvalue weighted by Crippen LogP contribution is -2.36. The van der Waals surface area contributed by atoms with E-state index in [-0.39, 0.29) is 6.10 Å². The van der Waals surface area contributed by atoms with Gasteiger partial charge in [-0.25, -0.2) is 4.98 Å². The topological polar surface area (TPSA) is 34.1 Å². The number of hydrogen-bond donors (Lipinski definition) is 1. The molecule has 1 heterocycles. The van der Waals surface area contributed by atoms with Crippen LogP contribution in [0.3, 0.4) is 0 Å². The quantitative estimate of drug-likeness (QED) is 0.813. The standard InChI is InChI=1S/C10H18N2OS/c1-7-6-14-10(12-7)5-11-8(2)9(3)13-4/h6,8-9,11H,5H2,1-4H3. The maximum Gasteiger partial charge on any atom is 0.107 e. The van der Waals surface area contributed by atoms with Gasteiger partial charge in [-0.05, 0) is 20.8 Å². The summed E-state index contributed by atoms with van der Waals surface area (Å²) in [6.07, 6.45) is 0.232. The Morgan fingerprint density at radius 1 is 1.57 bits per heavy atom. The van der Waals surface area contributed by atoms with Crippen molar-refractivity contribution in [3.8, 4) is 0 Å². The summed E-state index contributed by atoms with van der Waals surface area (Å²) in [5.41, 5.74) is 1.10. The van der Waals surface area contributed by atoms with Crippen molar-refractivity contribution in [2.45, 2.75) is 39.5 Å². The molecule has 3 nitrogen and oxygen atoms in total. The van der Waals surface area contributed by atoms with E-state index < -0.39 is 0 Å².